The minimum Gasteiger partial charge on any atom is -0.495 e. The molecule has 1 heterocycles. The van der Waals surface area contributed by atoms with Crippen LogP contribution in [0.3, 0.4) is 0 Å². The number of rotatable bonds is 4. The highest BCUT2D eigenvalue weighted by molar-refractivity contribution is 7.89. The van der Waals surface area contributed by atoms with Crippen molar-refractivity contribution in [1.82, 2.24) is 9.62 Å². The van der Waals surface area contributed by atoms with Gasteiger partial charge in [-0.3, -0.25) is 0 Å². The lowest BCUT2D eigenvalue weighted by Gasteiger charge is -2.29. The third kappa shape index (κ3) is 3.63. The molecule has 1 aromatic rings. The van der Waals surface area contributed by atoms with Gasteiger partial charge in [-0.15, -0.1) is 0 Å². The van der Waals surface area contributed by atoms with Gasteiger partial charge in [0.25, 0.3) is 0 Å². The van der Waals surface area contributed by atoms with E-state index in [1.165, 1.54) is 13.2 Å². The van der Waals surface area contributed by atoms with Gasteiger partial charge in [0, 0.05) is 11.1 Å². The number of benzene rings is 1. The second kappa shape index (κ2) is 6.30. The number of hydrogen-bond donors (Lipinski definition) is 1. The average molecular weight is 319 g/mol. The molecular formula is C13H19ClN2O3S. The Labute approximate surface area is 124 Å². The van der Waals surface area contributed by atoms with E-state index in [1.54, 1.807) is 12.1 Å². The molecule has 1 aromatic carbocycles. The maximum absolute atomic E-state index is 12.5. The second-order valence-corrected chi connectivity index (χ2v) is 7.11. The fourth-order valence-electron chi connectivity index (χ4n) is 2.27. The molecule has 1 fully saturated rings. The van der Waals surface area contributed by atoms with E-state index in [1.807, 2.05) is 7.05 Å². The van der Waals surface area contributed by atoms with E-state index >= 15 is 0 Å². The highest BCUT2D eigenvalue weighted by Gasteiger charge is 2.26. The molecule has 1 N–H and O–H groups in total. The van der Waals surface area contributed by atoms with Crippen molar-refractivity contribution < 1.29 is 13.2 Å². The molecule has 0 amide bonds. The summed E-state index contributed by atoms with van der Waals surface area (Å²) in [5.74, 6) is 0.301. The fourth-order valence-corrected chi connectivity index (χ4v) is 4.01. The van der Waals surface area contributed by atoms with Crippen molar-refractivity contribution >= 4 is 21.6 Å². The minimum absolute atomic E-state index is 0.0418. The Bertz CT molecular complexity index is 569. The first-order chi connectivity index (χ1) is 9.42. The summed E-state index contributed by atoms with van der Waals surface area (Å²) >= 11 is 5.89. The Hall–Kier alpha value is -0.820. The lowest BCUT2D eigenvalue weighted by Crippen LogP contribution is -2.43. The third-order valence-electron chi connectivity index (χ3n) is 3.46. The normalized spacial score (nSPS) is 18.1. The number of nitrogens with one attached hydrogen (secondary N) is 1. The Morgan fingerprint density at radius 2 is 2.00 bits per heavy atom. The standard InChI is InChI=1S/C13H19ClN2O3S/c1-16-7-5-11(6-8-16)15-20(17,18)13-9-10(14)3-4-12(13)19-2/h3-4,9,11,15H,5-8H2,1-2H3. The summed E-state index contributed by atoms with van der Waals surface area (Å²) < 4.78 is 32.7. The van der Waals surface area contributed by atoms with Crippen LogP contribution in [0.1, 0.15) is 12.8 Å². The Balaban J connectivity index is 2.20. The highest BCUT2D eigenvalue weighted by atomic mass is 35.5. The molecule has 0 saturated carbocycles. The van der Waals surface area contributed by atoms with Crippen LogP contribution in [0.25, 0.3) is 0 Å². The van der Waals surface area contributed by atoms with E-state index in [2.05, 4.69) is 9.62 Å². The van der Waals surface area contributed by atoms with Crippen LogP contribution in [0.2, 0.25) is 5.02 Å². The van der Waals surface area contributed by atoms with Crippen molar-refractivity contribution in [2.45, 2.75) is 23.8 Å². The van der Waals surface area contributed by atoms with Gasteiger partial charge >= 0.3 is 0 Å². The van der Waals surface area contributed by atoms with Gasteiger partial charge in [0.2, 0.25) is 10.0 Å². The van der Waals surface area contributed by atoms with Gasteiger partial charge in [0.15, 0.2) is 0 Å². The first kappa shape index (κ1) is 15.6. The van der Waals surface area contributed by atoms with E-state index in [9.17, 15) is 8.42 Å². The Morgan fingerprint density at radius 1 is 1.35 bits per heavy atom. The predicted molar refractivity (Wildman–Crippen MR) is 78.8 cm³/mol. The number of methoxy groups -OCH3 is 1. The van der Waals surface area contributed by atoms with Crippen LogP contribution in [-0.4, -0.2) is 46.6 Å². The summed E-state index contributed by atoms with van der Waals surface area (Å²) in [6.07, 6.45) is 1.61. The Kier molecular flexibility index (Phi) is 4.90. The van der Waals surface area contributed by atoms with E-state index in [-0.39, 0.29) is 10.9 Å². The number of piperidine rings is 1. The van der Waals surface area contributed by atoms with Crippen LogP contribution in [0.5, 0.6) is 5.75 Å². The maximum Gasteiger partial charge on any atom is 0.244 e. The molecule has 5 nitrogen and oxygen atoms in total. The van der Waals surface area contributed by atoms with Crippen molar-refractivity contribution in [2.24, 2.45) is 0 Å². The molecule has 0 aromatic heterocycles. The van der Waals surface area contributed by atoms with Gasteiger partial charge in [-0.05, 0) is 51.2 Å². The van der Waals surface area contributed by atoms with Gasteiger partial charge in [-0.1, -0.05) is 11.6 Å². The van der Waals surface area contributed by atoms with Gasteiger partial charge in [-0.25, -0.2) is 13.1 Å². The van der Waals surface area contributed by atoms with Crippen LogP contribution in [0, 0.1) is 0 Å². The highest BCUT2D eigenvalue weighted by Crippen LogP contribution is 2.27. The molecule has 0 atom stereocenters. The average Bonchev–Trinajstić information content (AvgIpc) is 2.41. The van der Waals surface area contributed by atoms with E-state index in [4.69, 9.17) is 16.3 Å². The molecule has 20 heavy (non-hydrogen) atoms. The number of ether oxygens (including phenoxy) is 1. The van der Waals surface area contributed by atoms with Gasteiger partial charge < -0.3 is 9.64 Å². The molecule has 0 radical (unpaired) electrons. The van der Waals surface area contributed by atoms with Crippen molar-refractivity contribution in [1.29, 1.82) is 0 Å². The van der Waals surface area contributed by atoms with Gasteiger partial charge in [0.05, 0.1) is 7.11 Å². The molecule has 0 spiro atoms. The topological polar surface area (TPSA) is 58.6 Å². The lowest BCUT2D eigenvalue weighted by molar-refractivity contribution is 0.248. The van der Waals surface area contributed by atoms with Crippen LogP contribution in [-0.2, 0) is 10.0 Å². The van der Waals surface area contributed by atoms with Crippen molar-refractivity contribution in [2.75, 3.05) is 27.2 Å². The third-order valence-corrected chi connectivity index (χ3v) is 5.23. The fraction of sp³-hybridized carbons (Fsp3) is 0.538. The molecule has 2 rings (SSSR count). The molecule has 7 heteroatoms. The second-order valence-electron chi connectivity index (χ2n) is 4.99. The maximum atomic E-state index is 12.5. The largest absolute Gasteiger partial charge is 0.495 e. The van der Waals surface area contributed by atoms with Crippen molar-refractivity contribution in [3.63, 3.8) is 0 Å². The van der Waals surface area contributed by atoms with Crippen LogP contribution in [0.15, 0.2) is 23.1 Å². The molecule has 1 aliphatic heterocycles. The summed E-state index contributed by atoms with van der Waals surface area (Å²) in [5, 5.41) is 0.370. The lowest BCUT2D eigenvalue weighted by atomic mass is 10.1. The number of likely N-dealkylation sites (tertiary alicyclic amines) is 1. The molecule has 1 aliphatic rings. The van der Waals surface area contributed by atoms with Crippen LogP contribution in [0.4, 0.5) is 0 Å². The van der Waals surface area contributed by atoms with Crippen molar-refractivity contribution in [3.05, 3.63) is 23.2 Å². The SMILES string of the molecule is COc1ccc(Cl)cc1S(=O)(=O)NC1CCN(C)CC1. The zero-order chi connectivity index (χ0) is 14.8. The van der Waals surface area contributed by atoms with Crippen LogP contribution < -0.4 is 9.46 Å². The molecule has 0 unspecified atom stereocenters. The van der Waals surface area contributed by atoms with Crippen LogP contribution >= 0.6 is 11.6 Å². The van der Waals surface area contributed by atoms with Gasteiger partial charge in [-0.2, -0.15) is 0 Å². The zero-order valence-corrected chi connectivity index (χ0v) is 13.2. The van der Waals surface area contributed by atoms with E-state index in [0.717, 1.165) is 25.9 Å². The quantitative estimate of drug-likeness (QED) is 0.918. The predicted octanol–water partition coefficient (Wildman–Crippen LogP) is 1.72. The molecule has 1 saturated heterocycles. The summed E-state index contributed by atoms with van der Waals surface area (Å²) in [4.78, 5) is 2.27. The number of sulfonamides is 1. The summed E-state index contributed by atoms with van der Waals surface area (Å²) in [6.45, 7) is 1.78. The monoisotopic (exact) mass is 318 g/mol. The number of halogens is 1. The minimum atomic E-state index is -3.62. The Morgan fingerprint density at radius 3 is 2.60 bits per heavy atom. The zero-order valence-electron chi connectivity index (χ0n) is 11.6. The number of hydrogen-bond acceptors (Lipinski definition) is 4. The molecule has 0 bridgehead atoms. The van der Waals surface area contributed by atoms with E-state index in [0.29, 0.717) is 10.8 Å². The number of nitrogens with zero attached hydrogens (tertiary/aromatic N) is 1. The summed E-state index contributed by atoms with van der Waals surface area (Å²) in [7, 11) is -0.146. The van der Waals surface area contributed by atoms with Gasteiger partial charge in [0.1, 0.15) is 10.6 Å². The van der Waals surface area contributed by atoms with Crippen molar-refractivity contribution in [3.8, 4) is 5.75 Å². The smallest absolute Gasteiger partial charge is 0.244 e. The first-order valence-corrected chi connectivity index (χ1v) is 8.33. The summed E-state index contributed by atoms with van der Waals surface area (Å²) in [5.41, 5.74) is 0. The molecule has 112 valence electrons. The molecule has 0 aliphatic carbocycles. The van der Waals surface area contributed by atoms with E-state index < -0.39 is 10.0 Å². The first-order valence-electron chi connectivity index (χ1n) is 6.47. The summed E-state index contributed by atoms with van der Waals surface area (Å²) in [6, 6.07) is 4.54. The molecular weight excluding hydrogens is 300 g/mol.